The Morgan fingerprint density at radius 1 is 1.47 bits per heavy atom. The molecule has 0 aliphatic carbocycles. The number of halogens is 1. The fraction of sp³-hybridized carbons (Fsp3) is 0.231. The van der Waals surface area contributed by atoms with Crippen LogP contribution in [0.15, 0.2) is 36.5 Å². The van der Waals surface area contributed by atoms with Gasteiger partial charge in [0.15, 0.2) is 0 Å². The number of aromatic nitrogens is 2. The highest BCUT2D eigenvalue weighted by Gasteiger charge is 2.26. The maximum absolute atomic E-state index is 11.7. The van der Waals surface area contributed by atoms with Crippen molar-refractivity contribution in [2.24, 2.45) is 0 Å². The number of H-pyrrole nitrogens is 1. The molecule has 0 aliphatic rings. The van der Waals surface area contributed by atoms with Gasteiger partial charge in [0, 0.05) is 16.8 Å². The lowest BCUT2D eigenvalue weighted by Crippen LogP contribution is -2.38. The van der Waals surface area contributed by atoms with Crippen molar-refractivity contribution in [3.63, 3.8) is 0 Å². The minimum Gasteiger partial charge on any atom is -0.384 e. The highest BCUT2D eigenvalue weighted by molar-refractivity contribution is 6.31. The average Bonchev–Trinajstić information content (AvgIpc) is 2.90. The minimum absolute atomic E-state index is 0.0502. The molecule has 1 heterocycles. The van der Waals surface area contributed by atoms with Gasteiger partial charge in [0.25, 0.3) is 5.91 Å². The largest absolute Gasteiger partial charge is 0.384 e. The lowest BCUT2D eigenvalue weighted by Gasteiger charge is -2.25. The highest BCUT2D eigenvalue weighted by atomic mass is 35.5. The Bertz CT molecular complexity index is 567. The second-order valence-electron chi connectivity index (χ2n) is 4.41. The summed E-state index contributed by atoms with van der Waals surface area (Å²) in [4.78, 5) is 11.7. The summed E-state index contributed by atoms with van der Waals surface area (Å²) in [5.41, 5.74) is -0.329. The number of carbonyl (C=O) groups is 1. The fourth-order valence-electron chi connectivity index (χ4n) is 1.72. The van der Waals surface area contributed by atoms with E-state index in [0.29, 0.717) is 16.3 Å². The zero-order valence-corrected chi connectivity index (χ0v) is 11.1. The van der Waals surface area contributed by atoms with Gasteiger partial charge < -0.3 is 10.4 Å². The molecule has 1 aromatic carbocycles. The van der Waals surface area contributed by atoms with Crippen molar-refractivity contribution in [2.45, 2.75) is 12.5 Å². The van der Waals surface area contributed by atoms with Gasteiger partial charge in [-0.15, -0.1) is 0 Å². The quantitative estimate of drug-likeness (QED) is 0.797. The van der Waals surface area contributed by atoms with Gasteiger partial charge in [-0.3, -0.25) is 9.89 Å². The monoisotopic (exact) mass is 279 g/mol. The first-order valence-corrected chi connectivity index (χ1v) is 6.13. The van der Waals surface area contributed by atoms with Crippen molar-refractivity contribution in [3.05, 3.63) is 52.8 Å². The van der Waals surface area contributed by atoms with Crippen LogP contribution in [0.1, 0.15) is 23.0 Å². The molecule has 0 fully saturated rings. The van der Waals surface area contributed by atoms with E-state index >= 15 is 0 Å². The van der Waals surface area contributed by atoms with Crippen molar-refractivity contribution < 1.29 is 9.90 Å². The van der Waals surface area contributed by atoms with Crippen molar-refractivity contribution >= 4 is 17.5 Å². The maximum Gasteiger partial charge on any atom is 0.269 e. The van der Waals surface area contributed by atoms with Crippen LogP contribution in [0.25, 0.3) is 0 Å². The van der Waals surface area contributed by atoms with Crippen molar-refractivity contribution in [3.8, 4) is 0 Å². The van der Waals surface area contributed by atoms with Gasteiger partial charge in [0.1, 0.15) is 11.3 Å². The Kier molecular flexibility index (Phi) is 3.87. The van der Waals surface area contributed by atoms with Crippen LogP contribution in [0, 0.1) is 0 Å². The van der Waals surface area contributed by atoms with Gasteiger partial charge in [0.05, 0.1) is 6.54 Å². The molecule has 100 valence electrons. The third kappa shape index (κ3) is 3.13. The second-order valence-corrected chi connectivity index (χ2v) is 4.81. The smallest absolute Gasteiger partial charge is 0.269 e. The Balaban J connectivity index is 2.06. The molecule has 1 aromatic heterocycles. The summed E-state index contributed by atoms with van der Waals surface area (Å²) in [7, 11) is 0. The van der Waals surface area contributed by atoms with Crippen LogP contribution >= 0.6 is 11.6 Å². The SMILES string of the molecule is C[C@](O)(CNC(=O)c1ccn[nH]1)c1ccccc1Cl. The Morgan fingerprint density at radius 3 is 2.84 bits per heavy atom. The number of nitrogens with zero attached hydrogens (tertiary/aromatic N) is 1. The molecule has 0 unspecified atom stereocenters. The summed E-state index contributed by atoms with van der Waals surface area (Å²) in [6.45, 7) is 1.65. The minimum atomic E-state index is -1.24. The first kappa shape index (κ1) is 13.6. The lowest BCUT2D eigenvalue weighted by atomic mass is 9.96. The van der Waals surface area contributed by atoms with E-state index in [1.165, 1.54) is 6.20 Å². The molecule has 2 rings (SSSR count). The van der Waals surface area contributed by atoms with E-state index in [0.717, 1.165) is 0 Å². The number of aliphatic hydroxyl groups is 1. The molecule has 0 bridgehead atoms. The molecule has 1 amide bonds. The number of aromatic amines is 1. The number of benzene rings is 1. The predicted octanol–water partition coefficient (Wildman–Crippen LogP) is 1.70. The summed E-state index contributed by atoms with van der Waals surface area (Å²) in [5.74, 6) is -0.329. The van der Waals surface area contributed by atoms with E-state index in [1.54, 1.807) is 37.3 Å². The Labute approximate surface area is 115 Å². The van der Waals surface area contributed by atoms with Gasteiger partial charge in [0.2, 0.25) is 0 Å². The molecular formula is C13H14ClN3O2. The van der Waals surface area contributed by atoms with Crippen LogP contribution in [0.2, 0.25) is 5.02 Å². The summed E-state index contributed by atoms with van der Waals surface area (Å²) in [6, 6.07) is 8.55. The first-order valence-electron chi connectivity index (χ1n) is 5.75. The highest BCUT2D eigenvalue weighted by Crippen LogP contribution is 2.27. The Hall–Kier alpha value is -1.85. The van der Waals surface area contributed by atoms with Crippen molar-refractivity contribution in [1.82, 2.24) is 15.5 Å². The van der Waals surface area contributed by atoms with Crippen LogP contribution in [0.4, 0.5) is 0 Å². The fourth-order valence-corrected chi connectivity index (χ4v) is 2.06. The summed E-state index contributed by atoms with van der Waals surface area (Å²) in [6.07, 6.45) is 1.49. The molecule has 0 saturated heterocycles. The zero-order chi connectivity index (χ0) is 13.9. The third-order valence-corrected chi connectivity index (χ3v) is 3.12. The van der Waals surface area contributed by atoms with Crippen LogP contribution in [0.3, 0.4) is 0 Å². The third-order valence-electron chi connectivity index (χ3n) is 2.79. The van der Waals surface area contributed by atoms with E-state index < -0.39 is 5.60 Å². The van der Waals surface area contributed by atoms with Crippen molar-refractivity contribution in [1.29, 1.82) is 0 Å². The van der Waals surface area contributed by atoms with Crippen molar-refractivity contribution in [2.75, 3.05) is 6.54 Å². The standard InChI is InChI=1S/C13H14ClN3O2/c1-13(19,9-4-2-3-5-10(9)14)8-15-12(18)11-6-7-16-17-11/h2-7,19H,8H2,1H3,(H,15,18)(H,16,17)/t13-/m0/s1. The topological polar surface area (TPSA) is 78.0 Å². The molecule has 2 aromatic rings. The van der Waals surface area contributed by atoms with Gasteiger partial charge in [-0.05, 0) is 19.1 Å². The van der Waals surface area contributed by atoms with Crippen LogP contribution in [-0.4, -0.2) is 27.8 Å². The van der Waals surface area contributed by atoms with E-state index in [-0.39, 0.29) is 12.5 Å². The molecule has 0 spiro atoms. The van der Waals surface area contributed by atoms with Gasteiger partial charge in [-0.25, -0.2) is 0 Å². The molecule has 19 heavy (non-hydrogen) atoms. The first-order chi connectivity index (χ1) is 9.00. The van der Waals surface area contributed by atoms with E-state index in [2.05, 4.69) is 15.5 Å². The maximum atomic E-state index is 11.7. The average molecular weight is 280 g/mol. The second kappa shape index (κ2) is 5.42. The Morgan fingerprint density at radius 2 is 2.21 bits per heavy atom. The summed E-state index contributed by atoms with van der Waals surface area (Å²) in [5, 5.41) is 19.7. The van der Waals surface area contributed by atoms with E-state index in [9.17, 15) is 9.90 Å². The number of rotatable bonds is 4. The van der Waals surface area contributed by atoms with Gasteiger partial charge >= 0.3 is 0 Å². The van der Waals surface area contributed by atoms with Gasteiger partial charge in [-0.1, -0.05) is 29.8 Å². The van der Waals surface area contributed by atoms with E-state index in [4.69, 9.17) is 11.6 Å². The molecule has 0 aliphatic heterocycles. The zero-order valence-electron chi connectivity index (χ0n) is 10.4. The lowest BCUT2D eigenvalue weighted by molar-refractivity contribution is 0.0526. The number of nitrogens with one attached hydrogen (secondary N) is 2. The van der Waals surface area contributed by atoms with Gasteiger partial charge in [-0.2, -0.15) is 5.10 Å². The summed E-state index contributed by atoms with van der Waals surface area (Å²) < 4.78 is 0. The van der Waals surface area contributed by atoms with E-state index in [1.807, 2.05) is 0 Å². The predicted molar refractivity (Wildman–Crippen MR) is 71.9 cm³/mol. The van der Waals surface area contributed by atoms with Crippen LogP contribution in [-0.2, 0) is 5.60 Å². The molecule has 1 atom stereocenters. The molecular weight excluding hydrogens is 266 g/mol. The number of hydrogen-bond donors (Lipinski definition) is 3. The molecule has 0 radical (unpaired) electrons. The normalized spacial score (nSPS) is 13.8. The molecule has 6 heteroatoms. The van der Waals surface area contributed by atoms with Crippen LogP contribution in [0.5, 0.6) is 0 Å². The molecule has 0 saturated carbocycles. The number of hydrogen-bond acceptors (Lipinski definition) is 3. The molecule has 5 nitrogen and oxygen atoms in total. The van der Waals surface area contributed by atoms with Crippen LogP contribution < -0.4 is 5.32 Å². The number of amides is 1. The molecule has 3 N–H and O–H groups in total. The number of carbonyl (C=O) groups excluding carboxylic acids is 1. The summed E-state index contributed by atoms with van der Waals surface area (Å²) >= 11 is 6.03.